The van der Waals surface area contributed by atoms with Crippen LogP contribution in [0.5, 0.6) is 34.5 Å². The number of aliphatic hydroxyl groups is 1. The maximum atomic E-state index is 12.5. The number of fused-ring (bicyclic) bond motifs is 1. The topological polar surface area (TPSA) is 167 Å². The number of aliphatic hydroxyl groups excluding tert-OH is 1. The number of rotatable bonds is 14. The number of hydrazone groups is 1. The van der Waals surface area contributed by atoms with Gasteiger partial charge in [-0.05, 0) is 66.9 Å². The SMILES string of the molecule is CCOc1cc([C@@H]2NC(=O)NC(C)=C2C(=O)OC)ccc1OC[C@@H](O)N/N=C\c1cc(Cl)c(OCc2ccc3c(c2)OCO3)c(OC)c1. The molecule has 0 bridgehead atoms. The number of nitrogens with one attached hydrogen (secondary N) is 3. The van der Waals surface area contributed by atoms with Crippen molar-refractivity contribution < 1.29 is 47.9 Å². The van der Waals surface area contributed by atoms with Crippen LogP contribution >= 0.6 is 11.6 Å². The Balaban J connectivity index is 1.19. The second-order valence-electron chi connectivity index (χ2n) is 10.4. The van der Waals surface area contributed by atoms with Gasteiger partial charge in [-0.1, -0.05) is 23.7 Å². The Morgan fingerprint density at radius 1 is 1.08 bits per heavy atom. The van der Waals surface area contributed by atoms with E-state index in [0.29, 0.717) is 63.0 Å². The average molecular weight is 683 g/mol. The number of halogens is 1. The summed E-state index contributed by atoms with van der Waals surface area (Å²) in [4.78, 5) is 24.6. The summed E-state index contributed by atoms with van der Waals surface area (Å²) in [6.07, 6.45) is 0.263. The Morgan fingerprint density at radius 2 is 1.90 bits per heavy atom. The molecular weight excluding hydrogens is 648 g/mol. The first-order valence-corrected chi connectivity index (χ1v) is 15.2. The molecule has 2 aliphatic rings. The molecule has 2 aliphatic heterocycles. The summed E-state index contributed by atoms with van der Waals surface area (Å²) in [5, 5.41) is 20.2. The third-order valence-corrected chi connectivity index (χ3v) is 7.46. The molecule has 48 heavy (non-hydrogen) atoms. The van der Waals surface area contributed by atoms with Crippen molar-refractivity contribution in [2.45, 2.75) is 32.7 Å². The zero-order valence-electron chi connectivity index (χ0n) is 26.6. The van der Waals surface area contributed by atoms with Crippen molar-refractivity contribution in [1.29, 1.82) is 0 Å². The van der Waals surface area contributed by atoms with Gasteiger partial charge >= 0.3 is 12.0 Å². The quantitative estimate of drug-likeness (QED) is 0.0834. The summed E-state index contributed by atoms with van der Waals surface area (Å²) in [5.41, 5.74) is 5.26. The number of nitrogens with zero attached hydrogens (tertiary/aromatic N) is 1. The molecule has 14 nitrogen and oxygen atoms in total. The van der Waals surface area contributed by atoms with Crippen LogP contribution in [0.3, 0.4) is 0 Å². The molecule has 2 amide bonds. The molecule has 0 aromatic heterocycles. The predicted octanol–water partition coefficient (Wildman–Crippen LogP) is 4.18. The lowest BCUT2D eigenvalue weighted by molar-refractivity contribution is -0.136. The first kappa shape index (κ1) is 34.0. The standard InChI is InChI=1S/C33H35ClN4O10/c1-5-44-26-13-21(30-29(32(40)43-4)18(2)36-33(41)37-30)7-9-23(26)45-16-28(39)38-35-14-20-10-22(34)31(27(12-20)42-3)46-15-19-6-8-24-25(11-19)48-17-47-24/h6-14,28,30,38-39H,5,15-17H2,1-4H3,(H2,36,37,41)/b35-14-/t28-,30+/m1/s1. The highest BCUT2D eigenvalue weighted by molar-refractivity contribution is 6.32. The van der Waals surface area contributed by atoms with E-state index in [0.717, 1.165) is 5.56 Å². The number of hydrogen-bond donors (Lipinski definition) is 4. The van der Waals surface area contributed by atoms with E-state index in [-0.39, 0.29) is 25.6 Å². The van der Waals surface area contributed by atoms with Crippen LogP contribution in [0.2, 0.25) is 5.02 Å². The molecule has 0 fully saturated rings. The number of carbonyl (C=O) groups excluding carboxylic acids is 2. The fraction of sp³-hybridized carbons (Fsp3) is 0.303. The molecule has 254 valence electrons. The van der Waals surface area contributed by atoms with Crippen molar-refractivity contribution in [3.63, 3.8) is 0 Å². The normalized spacial score (nSPS) is 15.8. The number of carbonyl (C=O) groups is 2. The van der Waals surface area contributed by atoms with Gasteiger partial charge in [0, 0.05) is 5.70 Å². The molecule has 2 heterocycles. The largest absolute Gasteiger partial charge is 0.493 e. The lowest BCUT2D eigenvalue weighted by Crippen LogP contribution is -2.45. The lowest BCUT2D eigenvalue weighted by Gasteiger charge is -2.28. The van der Waals surface area contributed by atoms with E-state index in [1.807, 2.05) is 18.2 Å². The summed E-state index contributed by atoms with van der Waals surface area (Å²) >= 11 is 6.52. The van der Waals surface area contributed by atoms with E-state index in [1.54, 1.807) is 44.2 Å². The number of allylic oxidation sites excluding steroid dienone is 1. The molecule has 0 aliphatic carbocycles. The molecule has 2 atom stereocenters. The number of urea groups is 1. The Hall–Kier alpha value is -5.34. The maximum Gasteiger partial charge on any atom is 0.337 e. The van der Waals surface area contributed by atoms with Crippen molar-refractivity contribution in [3.05, 3.63) is 81.5 Å². The molecule has 0 unspecified atom stereocenters. The second kappa shape index (κ2) is 15.5. The van der Waals surface area contributed by atoms with E-state index in [2.05, 4.69) is 21.2 Å². The van der Waals surface area contributed by atoms with Gasteiger partial charge in [-0.15, -0.1) is 0 Å². The van der Waals surface area contributed by atoms with E-state index >= 15 is 0 Å². The molecule has 0 saturated carbocycles. The monoisotopic (exact) mass is 682 g/mol. The number of ether oxygens (including phenoxy) is 7. The highest BCUT2D eigenvalue weighted by atomic mass is 35.5. The predicted molar refractivity (Wildman–Crippen MR) is 174 cm³/mol. The van der Waals surface area contributed by atoms with Crippen molar-refractivity contribution in [1.82, 2.24) is 16.1 Å². The maximum absolute atomic E-state index is 12.5. The van der Waals surface area contributed by atoms with Gasteiger partial charge in [-0.25, -0.2) is 9.59 Å². The summed E-state index contributed by atoms with van der Waals surface area (Å²) in [5.74, 6) is 2.20. The lowest BCUT2D eigenvalue weighted by atomic mass is 9.95. The van der Waals surface area contributed by atoms with Crippen LogP contribution < -0.4 is 44.5 Å². The summed E-state index contributed by atoms with van der Waals surface area (Å²) in [6.45, 7) is 3.96. The van der Waals surface area contributed by atoms with Crippen LogP contribution in [0.15, 0.2) is 64.9 Å². The Labute approximate surface area is 281 Å². The highest BCUT2D eigenvalue weighted by Crippen LogP contribution is 2.38. The zero-order chi connectivity index (χ0) is 34.2. The van der Waals surface area contributed by atoms with Gasteiger partial charge in [-0.3, -0.25) is 5.43 Å². The van der Waals surface area contributed by atoms with Gasteiger partial charge in [0.05, 0.1) is 43.7 Å². The van der Waals surface area contributed by atoms with E-state index in [4.69, 9.17) is 44.8 Å². The first-order chi connectivity index (χ1) is 23.2. The average Bonchev–Trinajstić information content (AvgIpc) is 3.54. The van der Waals surface area contributed by atoms with Crippen LogP contribution in [0.25, 0.3) is 0 Å². The minimum Gasteiger partial charge on any atom is -0.493 e. The Bertz CT molecular complexity index is 1730. The Morgan fingerprint density at radius 3 is 2.67 bits per heavy atom. The molecular formula is C33H35ClN4O10. The van der Waals surface area contributed by atoms with Gasteiger partial charge in [-0.2, -0.15) is 5.10 Å². The molecule has 0 spiro atoms. The molecule has 0 radical (unpaired) electrons. The van der Waals surface area contributed by atoms with Crippen LogP contribution in [0, 0.1) is 0 Å². The minimum atomic E-state index is -1.20. The number of benzene rings is 3. The zero-order valence-corrected chi connectivity index (χ0v) is 27.4. The fourth-order valence-corrected chi connectivity index (χ4v) is 5.23. The number of amides is 2. The van der Waals surface area contributed by atoms with Gasteiger partial charge in [0.2, 0.25) is 6.79 Å². The fourth-order valence-electron chi connectivity index (χ4n) is 4.96. The molecule has 5 rings (SSSR count). The molecule has 3 aromatic rings. The summed E-state index contributed by atoms with van der Waals surface area (Å²) in [6, 6.07) is 12.6. The van der Waals surface area contributed by atoms with Gasteiger partial charge < -0.3 is 48.9 Å². The molecule has 15 heteroatoms. The number of methoxy groups -OCH3 is 2. The minimum absolute atomic E-state index is 0.185. The van der Waals surface area contributed by atoms with Crippen molar-refractivity contribution in [2.24, 2.45) is 5.10 Å². The van der Waals surface area contributed by atoms with Crippen LogP contribution in [0.1, 0.15) is 36.6 Å². The van der Waals surface area contributed by atoms with Crippen LogP contribution in [-0.4, -0.2) is 63.8 Å². The summed E-state index contributed by atoms with van der Waals surface area (Å²) < 4.78 is 38.7. The van der Waals surface area contributed by atoms with Gasteiger partial charge in [0.25, 0.3) is 0 Å². The van der Waals surface area contributed by atoms with E-state index in [1.165, 1.54) is 20.4 Å². The number of esters is 1. The van der Waals surface area contributed by atoms with Crippen molar-refractivity contribution >= 4 is 29.8 Å². The van der Waals surface area contributed by atoms with E-state index < -0.39 is 24.3 Å². The number of hydrogen-bond acceptors (Lipinski definition) is 12. The molecule has 3 aromatic carbocycles. The smallest absolute Gasteiger partial charge is 0.337 e. The summed E-state index contributed by atoms with van der Waals surface area (Å²) in [7, 11) is 2.77. The third-order valence-electron chi connectivity index (χ3n) is 7.18. The first-order valence-electron chi connectivity index (χ1n) is 14.8. The highest BCUT2D eigenvalue weighted by Gasteiger charge is 2.32. The van der Waals surface area contributed by atoms with Crippen LogP contribution in [0.4, 0.5) is 4.79 Å². The van der Waals surface area contributed by atoms with Gasteiger partial charge in [0.15, 0.2) is 40.7 Å². The van der Waals surface area contributed by atoms with Crippen molar-refractivity contribution in [2.75, 3.05) is 34.2 Å². The second-order valence-corrected chi connectivity index (χ2v) is 10.8. The van der Waals surface area contributed by atoms with Crippen LogP contribution in [-0.2, 0) is 16.1 Å². The van der Waals surface area contributed by atoms with Crippen molar-refractivity contribution in [3.8, 4) is 34.5 Å². The van der Waals surface area contributed by atoms with E-state index in [9.17, 15) is 14.7 Å². The third kappa shape index (κ3) is 7.96. The molecule has 4 N–H and O–H groups in total. The van der Waals surface area contributed by atoms with Gasteiger partial charge in [0.1, 0.15) is 13.2 Å². The molecule has 0 saturated heterocycles. The Kier molecular flexibility index (Phi) is 11.0.